The van der Waals surface area contributed by atoms with E-state index in [9.17, 15) is 5.11 Å². The van der Waals surface area contributed by atoms with Gasteiger partial charge < -0.3 is 14.6 Å². The molecule has 3 nitrogen and oxygen atoms in total. The van der Waals surface area contributed by atoms with Gasteiger partial charge in [0.2, 0.25) is 0 Å². The van der Waals surface area contributed by atoms with Crippen LogP contribution in [0.4, 0.5) is 0 Å². The molecule has 1 aromatic carbocycles. The number of rotatable bonds is 4. The molecule has 0 atom stereocenters. The standard InChI is InChI=1S/C11H14O3/c1-13-10-4-9(12)5-11(6-10)14-7-8-2-3-8/h4-6,8,12H,2-3,7H2,1H3. The average Bonchev–Trinajstić information content (AvgIpc) is 2.97. The maximum absolute atomic E-state index is 9.35. The first-order valence-corrected chi connectivity index (χ1v) is 4.79. The van der Waals surface area contributed by atoms with Gasteiger partial charge in [0.05, 0.1) is 13.7 Å². The molecule has 1 N–H and O–H groups in total. The summed E-state index contributed by atoms with van der Waals surface area (Å²) in [5.41, 5.74) is 0. The number of phenolic OH excluding ortho intramolecular Hbond substituents is 1. The quantitative estimate of drug-likeness (QED) is 0.798. The van der Waals surface area contributed by atoms with Gasteiger partial charge in [0, 0.05) is 18.2 Å². The van der Waals surface area contributed by atoms with Gasteiger partial charge in [-0.1, -0.05) is 0 Å². The van der Waals surface area contributed by atoms with Crippen LogP contribution in [0.1, 0.15) is 12.8 Å². The van der Waals surface area contributed by atoms with Crippen LogP contribution in [0.15, 0.2) is 18.2 Å². The molecule has 1 aromatic rings. The lowest BCUT2D eigenvalue weighted by Crippen LogP contribution is -1.98. The Kier molecular flexibility index (Phi) is 2.48. The first-order chi connectivity index (χ1) is 6.78. The molecule has 76 valence electrons. The van der Waals surface area contributed by atoms with E-state index in [2.05, 4.69) is 0 Å². The fourth-order valence-corrected chi connectivity index (χ4v) is 1.26. The summed E-state index contributed by atoms with van der Waals surface area (Å²) in [5, 5.41) is 9.35. The van der Waals surface area contributed by atoms with Gasteiger partial charge in [0.15, 0.2) is 0 Å². The van der Waals surface area contributed by atoms with Gasteiger partial charge in [0.1, 0.15) is 17.2 Å². The SMILES string of the molecule is COc1cc(O)cc(OCC2CC2)c1. The predicted octanol–water partition coefficient (Wildman–Crippen LogP) is 2.19. The molecule has 1 aliphatic carbocycles. The molecular formula is C11H14O3. The first-order valence-electron chi connectivity index (χ1n) is 4.79. The highest BCUT2D eigenvalue weighted by Gasteiger charge is 2.21. The second-order valence-electron chi connectivity index (χ2n) is 3.62. The lowest BCUT2D eigenvalue weighted by molar-refractivity contribution is 0.295. The Morgan fingerprint density at radius 3 is 2.64 bits per heavy atom. The molecular weight excluding hydrogens is 180 g/mol. The predicted molar refractivity (Wildman–Crippen MR) is 52.9 cm³/mol. The van der Waals surface area contributed by atoms with Crippen LogP contribution >= 0.6 is 0 Å². The summed E-state index contributed by atoms with van der Waals surface area (Å²) in [4.78, 5) is 0. The highest BCUT2D eigenvalue weighted by atomic mass is 16.5. The van der Waals surface area contributed by atoms with E-state index < -0.39 is 0 Å². The van der Waals surface area contributed by atoms with Crippen molar-refractivity contribution >= 4 is 0 Å². The normalized spacial score (nSPS) is 15.2. The van der Waals surface area contributed by atoms with Crippen LogP contribution in [0.3, 0.4) is 0 Å². The second-order valence-corrected chi connectivity index (χ2v) is 3.62. The first kappa shape index (κ1) is 9.19. The number of aromatic hydroxyl groups is 1. The molecule has 0 aromatic heterocycles. The van der Waals surface area contributed by atoms with Crippen LogP contribution in [0.5, 0.6) is 17.2 Å². The summed E-state index contributed by atoms with van der Waals surface area (Å²) in [6.07, 6.45) is 2.52. The minimum atomic E-state index is 0.176. The fourth-order valence-electron chi connectivity index (χ4n) is 1.26. The van der Waals surface area contributed by atoms with E-state index in [-0.39, 0.29) is 5.75 Å². The van der Waals surface area contributed by atoms with E-state index in [1.807, 2.05) is 0 Å². The second kappa shape index (κ2) is 3.78. The van der Waals surface area contributed by atoms with Crippen LogP contribution < -0.4 is 9.47 Å². The number of hydrogen-bond acceptors (Lipinski definition) is 3. The molecule has 0 heterocycles. The van der Waals surface area contributed by atoms with Crippen molar-refractivity contribution in [3.05, 3.63) is 18.2 Å². The van der Waals surface area contributed by atoms with Crippen molar-refractivity contribution in [1.82, 2.24) is 0 Å². The Bertz CT molecular complexity index is 318. The molecule has 0 unspecified atom stereocenters. The van der Waals surface area contributed by atoms with Gasteiger partial charge in [-0.05, 0) is 18.8 Å². The lowest BCUT2D eigenvalue weighted by Gasteiger charge is -2.07. The highest BCUT2D eigenvalue weighted by molar-refractivity contribution is 5.41. The third kappa shape index (κ3) is 2.31. The van der Waals surface area contributed by atoms with E-state index in [1.54, 1.807) is 25.3 Å². The van der Waals surface area contributed by atoms with Crippen LogP contribution in [-0.2, 0) is 0 Å². The molecule has 1 saturated carbocycles. The molecule has 14 heavy (non-hydrogen) atoms. The Balaban J connectivity index is 2.03. The van der Waals surface area contributed by atoms with Crippen LogP contribution in [0.25, 0.3) is 0 Å². The van der Waals surface area contributed by atoms with Crippen molar-refractivity contribution in [2.75, 3.05) is 13.7 Å². The summed E-state index contributed by atoms with van der Waals surface area (Å²) >= 11 is 0. The largest absolute Gasteiger partial charge is 0.508 e. The smallest absolute Gasteiger partial charge is 0.126 e. The minimum Gasteiger partial charge on any atom is -0.508 e. The molecule has 2 rings (SSSR count). The van der Waals surface area contributed by atoms with Crippen LogP contribution in [-0.4, -0.2) is 18.8 Å². The highest BCUT2D eigenvalue weighted by Crippen LogP contribution is 2.31. The monoisotopic (exact) mass is 194 g/mol. The molecule has 3 heteroatoms. The number of benzene rings is 1. The average molecular weight is 194 g/mol. The van der Waals surface area contributed by atoms with E-state index in [0.29, 0.717) is 17.4 Å². The van der Waals surface area contributed by atoms with Crippen LogP contribution in [0.2, 0.25) is 0 Å². The lowest BCUT2D eigenvalue weighted by atomic mass is 10.3. The number of phenols is 1. The van der Waals surface area contributed by atoms with Gasteiger partial charge >= 0.3 is 0 Å². The zero-order chi connectivity index (χ0) is 9.97. The molecule has 0 radical (unpaired) electrons. The summed E-state index contributed by atoms with van der Waals surface area (Å²) in [6.45, 7) is 0.743. The van der Waals surface area contributed by atoms with E-state index >= 15 is 0 Å². The van der Waals surface area contributed by atoms with Gasteiger partial charge in [0.25, 0.3) is 0 Å². The van der Waals surface area contributed by atoms with Crippen molar-refractivity contribution in [2.45, 2.75) is 12.8 Å². The van der Waals surface area contributed by atoms with Crippen molar-refractivity contribution in [3.63, 3.8) is 0 Å². The zero-order valence-electron chi connectivity index (χ0n) is 8.19. The third-order valence-corrected chi connectivity index (χ3v) is 2.28. The molecule has 0 spiro atoms. The Morgan fingerprint density at radius 2 is 2.00 bits per heavy atom. The van der Waals surface area contributed by atoms with E-state index in [4.69, 9.17) is 9.47 Å². The number of hydrogen-bond donors (Lipinski definition) is 1. The zero-order valence-corrected chi connectivity index (χ0v) is 8.19. The van der Waals surface area contributed by atoms with E-state index in [1.165, 1.54) is 12.8 Å². The Labute approximate surface area is 83.3 Å². The summed E-state index contributed by atoms with van der Waals surface area (Å²) in [6, 6.07) is 4.94. The Morgan fingerprint density at radius 1 is 1.29 bits per heavy atom. The summed E-state index contributed by atoms with van der Waals surface area (Å²) in [5.74, 6) is 2.18. The minimum absolute atomic E-state index is 0.176. The van der Waals surface area contributed by atoms with Gasteiger partial charge in [-0.25, -0.2) is 0 Å². The topological polar surface area (TPSA) is 38.7 Å². The van der Waals surface area contributed by atoms with Crippen molar-refractivity contribution in [2.24, 2.45) is 5.92 Å². The van der Waals surface area contributed by atoms with Crippen molar-refractivity contribution in [1.29, 1.82) is 0 Å². The maximum Gasteiger partial charge on any atom is 0.126 e. The number of ether oxygens (including phenoxy) is 2. The molecule has 0 aliphatic heterocycles. The van der Waals surface area contributed by atoms with Crippen molar-refractivity contribution < 1.29 is 14.6 Å². The van der Waals surface area contributed by atoms with Gasteiger partial charge in [-0.3, -0.25) is 0 Å². The van der Waals surface area contributed by atoms with Gasteiger partial charge in [-0.2, -0.15) is 0 Å². The van der Waals surface area contributed by atoms with Crippen molar-refractivity contribution in [3.8, 4) is 17.2 Å². The molecule has 1 aliphatic rings. The van der Waals surface area contributed by atoms with E-state index in [0.717, 1.165) is 6.61 Å². The molecule has 0 amide bonds. The maximum atomic E-state index is 9.35. The third-order valence-electron chi connectivity index (χ3n) is 2.28. The van der Waals surface area contributed by atoms with Crippen LogP contribution in [0, 0.1) is 5.92 Å². The van der Waals surface area contributed by atoms with Gasteiger partial charge in [-0.15, -0.1) is 0 Å². The molecule has 1 fully saturated rings. The Hall–Kier alpha value is -1.38. The summed E-state index contributed by atoms with van der Waals surface area (Å²) < 4.78 is 10.5. The molecule has 0 saturated heterocycles. The number of methoxy groups -OCH3 is 1. The fraction of sp³-hybridized carbons (Fsp3) is 0.455. The molecule has 0 bridgehead atoms. The summed E-state index contributed by atoms with van der Waals surface area (Å²) in [7, 11) is 1.57.